The van der Waals surface area contributed by atoms with Gasteiger partial charge in [-0.1, -0.05) is 19.3 Å². The van der Waals surface area contributed by atoms with Crippen LogP contribution in [-0.4, -0.2) is 24.1 Å². The van der Waals surface area contributed by atoms with Crippen molar-refractivity contribution in [2.24, 2.45) is 11.3 Å². The number of hydrogen-bond donors (Lipinski definition) is 1. The molecule has 2 aliphatic carbocycles. The number of hydrogen-bond acceptors (Lipinski definition) is 2. The molecule has 3 aliphatic rings. The van der Waals surface area contributed by atoms with Crippen LogP contribution >= 0.6 is 11.8 Å². The summed E-state index contributed by atoms with van der Waals surface area (Å²) < 4.78 is 0. The lowest BCUT2D eigenvalue weighted by Gasteiger charge is -2.53. The Kier molecular flexibility index (Phi) is 4.01. The maximum atomic E-state index is 3.94. The van der Waals surface area contributed by atoms with Gasteiger partial charge in [0, 0.05) is 6.04 Å². The molecular weight excluding hydrogens is 226 g/mol. The minimum absolute atomic E-state index is 0.752. The van der Waals surface area contributed by atoms with Crippen molar-refractivity contribution in [1.29, 1.82) is 0 Å². The summed E-state index contributed by atoms with van der Waals surface area (Å²) in [5.74, 6) is 3.79. The minimum Gasteiger partial charge on any atom is -0.313 e. The average Bonchev–Trinajstić information content (AvgIpc) is 2.40. The number of thioether (sulfide) groups is 1. The molecule has 1 heterocycles. The lowest BCUT2D eigenvalue weighted by molar-refractivity contribution is 0.0209. The highest BCUT2D eigenvalue weighted by Gasteiger charge is 2.46. The fourth-order valence-corrected chi connectivity index (χ4v) is 5.33. The third-order valence-electron chi connectivity index (χ3n) is 5.51. The molecule has 1 nitrogen and oxygen atoms in total. The molecule has 1 saturated heterocycles. The Morgan fingerprint density at radius 1 is 0.941 bits per heavy atom. The van der Waals surface area contributed by atoms with Crippen molar-refractivity contribution in [3.63, 3.8) is 0 Å². The molecule has 0 aromatic heterocycles. The lowest BCUT2D eigenvalue weighted by atomic mass is 9.57. The number of rotatable bonds is 3. The molecule has 3 rings (SSSR count). The van der Waals surface area contributed by atoms with Crippen LogP contribution in [0.2, 0.25) is 0 Å². The molecule has 1 atom stereocenters. The van der Waals surface area contributed by atoms with Crippen LogP contribution in [0.5, 0.6) is 0 Å². The number of nitrogens with one attached hydrogen (secondary N) is 1. The fourth-order valence-electron chi connectivity index (χ4n) is 4.13. The van der Waals surface area contributed by atoms with E-state index >= 15 is 0 Å². The molecule has 1 unspecified atom stereocenters. The van der Waals surface area contributed by atoms with Crippen LogP contribution in [0.4, 0.5) is 0 Å². The molecule has 17 heavy (non-hydrogen) atoms. The Hall–Kier alpha value is 0.310. The van der Waals surface area contributed by atoms with Crippen LogP contribution in [0.15, 0.2) is 0 Å². The molecule has 1 N–H and O–H groups in total. The van der Waals surface area contributed by atoms with Crippen molar-refractivity contribution in [2.75, 3.05) is 18.1 Å². The second kappa shape index (κ2) is 5.52. The van der Waals surface area contributed by atoms with Gasteiger partial charge >= 0.3 is 0 Å². The molecule has 2 heteroatoms. The summed E-state index contributed by atoms with van der Waals surface area (Å²) in [6.07, 6.45) is 13.4. The molecule has 1 aliphatic heterocycles. The topological polar surface area (TPSA) is 12.0 Å². The summed E-state index contributed by atoms with van der Waals surface area (Å²) in [5.41, 5.74) is 0.752. The van der Waals surface area contributed by atoms with Crippen LogP contribution in [-0.2, 0) is 0 Å². The van der Waals surface area contributed by atoms with E-state index < -0.39 is 0 Å². The molecule has 0 amide bonds. The van der Waals surface area contributed by atoms with Gasteiger partial charge in [-0.15, -0.1) is 0 Å². The molecule has 0 bridgehead atoms. The van der Waals surface area contributed by atoms with E-state index in [0.29, 0.717) is 0 Å². The van der Waals surface area contributed by atoms with Crippen molar-refractivity contribution in [1.82, 2.24) is 5.32 Å². The molecular formula is C15H27NS. The summed E-state index contributed by atoms with van der Waals surface area (Å²) in [5, 5.41) is 3.94. The monoisotopic (exact) mass is 253 g/mol. The van der Waals surface area contributed by atoms with E-state index in [1.807, 2.05) is 0 Å². The van der Waals surface area contributed by atoms with Gasteiger partial charge in [0.25, 0.3) is 0 Å². The largest absolute Gasteiger partial charge is 0.313 e. The van der Waals surface area contributed by atoms with Gasteiger partial charge in [-0.2, -0.15) is 11.8 Å². The zero-order chi connectivity index (χ0) is 11.6. The quantitative estimate of drug-likeness (QED) is 0.820. The SMILES string of the molecule is C1CCC2(CC1)CCC2NCC1CCSCC1. The predicted molar refractivity (Wildman–Crippen MR) is 76.6 cm³/mol. The first kappa shape index (κ1) is 12.3. The Morgan fingerprint density at radius 3 is 2.35 bits per heavy atom. The van der Waals surface area contributed by atoms with E-state index in [9.17, 15) is 0 Å². The fraction of sp³-hybridized carbons (Fsp3) is 1.00. The van der Waals surface area contributed by atoms with Gasteiger partial charge in [0.15, 0.2) is 0 Å². The lowest BCUT2D eigenvalue weighted by Crippen LogP contribution is -2.55. The Balaban J connectivity index is 1.45. The Morgan fingerprint density at radius 2 is 1.71 bits per heavy atom. The maximum Gasteiger partial charge on any atom is 0.0124 e. The van der Waals surface area contributed by atoms with Gasteiger partial charge in [-0.3, -0.25) is 0 Å². The van der Waals surface area contributed by atoms with Gasteiger partial charge < -0.3 is 5.32 Å². The zero-order valence-corrected chi connectivity index (χ0v) is 11.9. The van der Waals surface area contributed by atoms with Gasteiger partial charge in [-0.25, -0.2) is 0 Å². The standard InChI is InChI=1S/C15H27NS/c1-2-7-15(8-3-1)9-4-14(15)16-12-13-5-10-17-11-6-13/h13-14,16H,1-12H2. The normalized spacial score (nSPS) is 33.5. The third kappa shape index (κ3) is 2.68. The Labute approximate surface area is 111 Å². The highest BCUT2D eigenvalue weighted by molar-refractivity contribution is 7.99. The van der Waals surface area contributed by atoms with E-state index in [4.69, 9.17) is 0 Å². The van der Waals surface area contributed by atoms with E-state index in [0.717, 1.165) is 17.4 Å². The highest BCUT2D eigenvalue weighted by Crippen LogP contribution is 2.51. The van der Waals surface area contributed by atoms with Crippen LogP contribution in [0.1, 0.15) is 57.8 Å². The molecule has 3 fully saturated rings. The van der Waals surface area contributed by atoms with E-state index in [1.54, 1.807) is 0 Å². The molecule has 98 valence electrons. The second-order valence-corrected chi connectivity index (χ2v) is 7.70. The average molecular weight is 253 g/mol. The first-order chi connectivity index (χ1) is 8.39. The van der Waals surface area contributed by atoms with Crippen molar-refractivity contribution >= 4 is 11.8 Å². The summed E-state index contributed by atoms with van der Waals surface area (Å²) in [7, 11) is 0. The summed E-state index contributed by atoms with van der Waals surface area (Å²) >= 11 is 2.15. The third-order valence-corrected chi connectivity index (χ3v) is 6.56. The molecule has 2 saturated carbocycles. The summed E-state index contributed by atoms with van der Waals surface area (Å²) in [6, 6.07) is 0.886. The van der Waals surface area contributed by atoms with Crippen molar-refractivity contribution in [2.45, 2.75) is 63.8 Å². The zero-order valence-electron chi connectivity index (χ0n) is 11.0. The Bertz CT molecular complexity index is 241. The van der Waals surface area contributed by atoms with Crippen molar-refractivity contribution in [3.05, 3.63) is 0 Å². The van der Waals surface area contributed by atoms with Crippen LogP contribution in [0.3, 0.4) is 0 Å². The first-order valence-electron chi connectivity index (χ1n) is 7.70. The first-order valence-corrected chi connectivity index (χ1v) is 8.86. The smallest absolute Gasteiger partial charge is 0.0124 e. The van der Waals surface area contributed by atoms with Crippen LogP contribution in [0, 0.1) is 11.3 Å². The van der Waals surface area contributed by atoms with E-state index in [2.05, 4.69) is 17.1 Å². The molecule has 0 radical (unpaired) electrons. The van der Waals surface area contributed by atoms with Gasteiger partial charge in [0.2, 0.25) is 0 Å². The van der Waals surface area contributed by atoms with Crippen LogP contribution < -0.4 is 5.32 Å². The van der Waals surface area contributed by atoms with Gasteiger partial charge in [0.05, 0.1) is 0 Å². The van der Waals surface area contributed by atoms with Gasteiger partial charge in [0.1, 0.15) is 0 Å². The highest BCUT2D eigenvalue weighted by atomic mass is 32.2. The van der Waals surface area contributed by atoms with Crippen LogP contribution in [0.25, 0.3) is 0 Å². The summed E-state index contributed by atoms with van der Waals surface area (Å²) in [6.45, 7) is 1.31. The molecule has 0 aromatic carbocycles. The molecule has 1 spiro atoms. The van der Waals surface area contributed by atoms with Crippen molar-refractivity contribution in [3.8, 4) is 0 Å². The summed E-state index contributed by atoms with van der Waals surface area (Å²) in [4.78, 5) is 0. The van der Waals surface area contributed by atoms with E-state index in [-0.39, 0.29) is 0 Å². The second-order valence-electron chi connectivity index (χ2n) is 6.48. The van der Waals surface area contributed by atoms with E-state index in [1.165, 1.54) is 75.8 Å². The maximum absolute atomic E-state index is 3.94. The van der Waals surface area contributed by atoms with Crippen molar-refractivity contribution < 1.29 is 0 Å². The minimum atomic E-state index is 0.752. The predicted octanol–water partition coefficient (Wildman–Crippen LogP) is 3.83. The molecule has 0 aromatic rings. The van der Waals surface area contributed by atoms with Gasteiger partial charge in [-0.05, 0) is 67.9 Å².